The highest BCUT2D eigenvalue weighted by atomic mass is 16.6. The zero-order valence-corrected chi connectivity index (χ0v) is 19.8. The summed E-state index contributed by atoms with van der Waals surface area (Å²) in [6, 6.07) is -1.50. The quantitative estimate of drug-likeness (QED) is 0.291. The highest BCUT2D eigenvalue weighted by Gasteiger charge is 2.51. The number of hydrogen-bond acceptors (Lipinski definition) is 6. The summed E-state index contributed by atoms with van der Waals surface area (Å²) in [7, 11) is 1.26. The first-order chi connectivity index (χ1) is 14.5. The Labute approximate surface area is 185 Å². The van der Waals surface area contributed by atoms with Gasteiger partial charge < -0.3 is 25.4 Å². The topological polar surface area (TPSA) is 126 Å². The lowest BCUT2D eigenvalue weighted by Crippen LogP contribution is -2.50. The molecule has 1 heterocycles. The predicted molar refractivity (Wildman–Crippen MR) is 116 cm³/mol. The fourth-order valence-corrected chi connectivity index (χ4v) is 3.16. The predicted octanol–water partition coefficient (Wildman–Crippen LogP) is 1.15. The highest BCUT2D eigenvalue weighted by Crippen LogP contribution is 2.23. The van der Waals surface area contributed by atoms with Gasteiger partial charge in [0.15, 0.2) is 12.2 Å². The minimum Gasteiger partial charge on any atom is -0.467 e. The summed E-state index contributed by atoms with van der Waals surface area (Å²) in [5, 5.41) is 8.16. The molecule has 1 aliphatic heterocycles. The number of ether oxygens (including phenoxy) is 2. The normalized spacial score (nSPS) is 19.7. The van der Waals surface area contributed by atoms with Crippen LogP contribution in [0.15, 0.2) is 0 Å². The molecule has 0 aromatic rings. The molecule has 0 saturated carbocycles. The largest absolute Gasteiger partial charge is 0.467 e. The smallest absolute Gasteiger partial charge is 0.328 e. The summed E-state index contributed by atoms with van der Waals surface area (Å²) < 4.78 is 9.98. The summed E-state index contributed by atoms with van der Waals surface area (Å²) in [6.45, 7) is 12.5. The Hall–Kier alpha value is -2.16. The number of nitrogens with one attached hydrogen (secondary N) is 3. The first-order valence-electron chi connectivity index (χ1n) is 11.1. The molecule has 3 N–H and O–H groups in total. The maximum Gasteiger partial charge on any atom is 0.328 e. The van der Waals surface area contributed by atoms with E-state index in [1.54, 1.807) is 0 Å². The molecule has 0 radical (unpaired) electrons. The second kappa shape index (κ2) is 12.6. The second-order valence-corrected chi connectivity index (χ2v) is 9.36. The molecular weight excluding hydrogens is 402 g/mol. The summed E-state index contributed by atoms with van der Waals surface area (Å²) in [4.78, 5) is 49.4. The molecule has 1 rings (SSSR count). The van der Waals surface area contributed by atoms with Crippen LogP contribution in [0.1, 0.15) is 60.8 Å². The van der Waals surface area contributed by atoms with Crippen LogP contribution in [0, 0.1) is 17.8 Å². The third-order valence-electron chi connectivity index (χ3n) is 4.88. The van der Waals surface area contributed by atoms with Crippen molar-refractivity contribution in [2.75, 3.05) is 13.7 Å². The molecule has 1 saturated heterocycles. The Bertz CT molecular complexity index is 635. The highest BCUT2D eigenvalue weighted by molar-refractivity contribution is 5.98. The number of rotatable bonds is 13. The molecule has 178 valence electrons. The molecule has 1 aliphatic rings. The van der Waals surface area contributed by atoms with Crippen LogP contribution in [0.4, 0.5) is 0 Å². The third-order valence-corrected chi connectivity index (χ3v) is 4.88. The molecule has 1 fully saturated rings. The van der Waals surface area contributed by atoms with E-state index >= 15 is 0 Å². The van der Waals surface area contributed by atoms with Gasteiger partial charge in [-0.25, -0.2) is 4.79 Å². The van der Waals surface area contributed by atoms with Crippen LogP contribution < -0.4 is 16.0 Å². The fraction of sp³-hybridized carbons (Fsp3) is 0.818. The van der Waals surface area contributed by atoms with Crippen molar-refractivity contribution in [2.24, 2.45) is 17.8 Å². The number of epoxide rings is 1. The van der Waals surface area contributed by atoms with Crippen LogP contribution in [0.25, 0.3) is 0 Å². The van der Waals surface area contributed by atoms with Gasteiger partial charge in [0.05, 0.1) is 7.11 Å². The molecule has 0 bridgehead atoms. The van der Waals surface area contributed by atoms with Gasteiger partial charge in [-0.2, -0.15) is 0 Å². The van der Waals surface area contributed by atoms with Crippen molar-refractivity contribution in [3.8, 4) is 0 Å². The second-order valence-electron chi connectivity index (χ2n) is 9.36. The molecule has 0 unspecified atom stereocenters. The van der Waals surface area contributed by atoms with Crippen molar-refractivity contribution in [1.29, 1.82) is 0 Å². The van der Waals surface area contributed by atoms with Gasteiger partial charge in [0.1, 0.15) is 12.1 Å². The third kappa shape index (κ3) is 9.67. The van der Waals surface area contributed by atoms with Gasteiger partial charge in [0.25, 0.3) is 11.8 Å². The lowest BCUT2D eigenvalue weighted by molar-refractivity contribution is -0.145. The van der Waals surface area contributed by atoms with E-state index in [9.17, 15) is 19.2 Å². The molecule has 3 amide bonds. The van der Waals surface area contributed by atoms with Crippen molar-refractivity contribution >= 4 is 23.7 Å². The Balaban J connectivity index is 2.64. The first kappa shape index (κ1) is 26.9. The van der Waals surface area contributed by atoms with E-state index < -0.39 is 42.1 Å². The van der Waals surface area contributed by atoms with E-state index in [2.05, 4.69) is 29.8 Å². The van der Waals surface area contributed by atoms with Gasteiger partial charge >= 0.3 is 5.97 Å². The van der Waals surface area contributed by atoms with E-state index in [0.717, 1.165) is 6.42 Å². The van der Waals surface area contributed by atoms with Gasteiger partial charge in [-0.15, -0.1) is 0 Å². The lowest BCUT2D eigenvalue weighted by atomic mass is 10.0. The number of amides is 3. The molecule has 0 aromatic carbocycles. The van der Waals surface area contributed by atoms with E-state index in [4.69, 9.17) is 9.47 Å². The number of methoxy groups -OCH3 is 1. The SMILES string of the molecule is COC(=O)[C@H](CC(C)C)NC(=O)[C@H]1O[C@@H]1C(=O)N[C@@H](CC(C)C)C(=O)NCCC(C)C. The minimum atomic E-state index is -0.983. The van der Waals surface area contributed by atoms with Gasteiger partial charge in [0.2, 0.25) is 5.91 Å². The van der Waals surface area contributed by atoms with Gasteiger partial charge in [-0.3, -0.25) is 14.4 Å². The molecule has 9 nitrogen and oxygen atoms in total. The Morgan fingerprint density at radius 1 is 0.806 bits per heavy atom. The molecule has 4 atom stereocenters. The number of hydrogen-bond donors (Lipinski definition) is 3. The Morgan fingerprint density at radius 3 is 1.74 bits per heavy atom. The summed E-state index contributed by atoms with van der Waals surface area (Å²) >= 11 is 0. The van der Waals surface area contributed by atoms with Crippen LogP contribution in [-0.2, 0) is 28.7 Å². The van der Waals surface area contributed by atoms with Crippen LogP contribution in [-0.4, -0.2) is 61.6 Å². The molecular formula is C22H39N3O6. The first-order valence-corrected chi connectivity index (χ1v) is 11.1. The molecule has 0 aromatic heterocycles. The van der Waals surface area contributed by atoms with Gasteiger partial charge in [-0.05, 0) is 37.0 Å². The van der Waals surface area contributed by atoms with Crippen molar-refractivity contribution < 1.29 is 28.7 Å². The van der Waals surface area contributed by atoms with E-state index in [1.807, 2.05) is 27.7 Å². The molecule has 0 aliphatic carbocycles. The van der Waals surface area contributed by atoms with Crippen molar-refractivity contribution in [3.63, 3.8) is 0 Å². The maximum absolute atomic E-state index is 12.6. The average molecular weight is 442 g/mol. The number of esters is 1. The average Bonchev–Trinajstić information content (AvgIpc) is 3.46. The summed E-state index contributed by atoms with van der Waals surface area (Å²) in [5.41, 5.74) is 0. The molecule has 0 spiro atoms. The Kier molecular flexibility index (Phi) is 11.0. The summed E-state index contributed by atoms with van der Waals surface area (Å²) in [5.74, 6) is -1.03. The molecule has 9 heteroatoms. The maximum atomic E-state index is 12.6. The molecule has 31 heavy (non-hydrogen) atoms. The Morgan fingerprint density at radius 2 is 1.29 bits per heavy atom. The van der Waals surface area contributed by atoms with Crippen LogP contribution in [0.2, 0.25) is 0 Å². The van der Waals surface area contributed by atoms with E-state index in [1.165, 1.54) is 7.11 Å². The minimum absolute atomic E-state index is 0.162. The van der Waals surface area contributed by atoms with Crippen LogP contribution in [0.3, 0.4) is 0 Å². The van der Waals surface area contributed by atoms with Crippen molar-refractivity contribution in [3.05, 3.63) is 0 Å². The van der Waals surface area contributed by atoms with Crippen LogP contribution in [0.5, 0.6) is 0 Å². The summed E-state index contributed by atoms with van der Waals surface area (Å²) in [6.07, 6.45) is -0.227. The number of carbonyl (C=O) groups excluding carboxylic acids is 4. The standard InChI is InChI=1S/C22H39N3O6/c1-12(2)8-9-23-19(26)15(10-13(3)4)24-20(27)17-18(31-17)21(28)25-16(11-14(5)6)22(29)30-7/h12-18H,8-11H2,1-7H3,(H,23,26)(H,24,27)(H,25,28)/t15-,16-,17-,18-/m0/s1. The zero-order chi connectivity index (χ0) is 23.7. The van der Waals surface area contributed by atoms with Gasteiger partial charge in [-0.1, -0.05) is 41.5 Å². The monoisotopic (exact) mass is 441 g/mol. The van der Waals surface area contributed by atoms with Crippen molar-refractivity contribution in [2.45, 2.75) is 85.1 Å². The van der Waals surface area contributed by atoms with E-state index in [0.29, 0.717) is 25.3 Å². The van der Waals surface area contributed by atoms with Crippen LogP contribution >= 0.6 is 0 Å². The van der Waals surface area contributed by atoms with Gasteiger partial charge in [0, 0.05) is 6.54 Å². The fourth-order valence-electron chi connectivity index (χ4n) is 3.16. The van der Waals surface area contributed by atoms with Crippen molar-refractivity contribution in [1.82, 2.24) is 16.0 Å². The zero-order valence-electron chi connectivity index (χ0n) is 19.8. The lowest BCUT2D eigenvalue weighted by Gasteiger charge is -2.20. The van der Waals surface area contributed by atoms with E-state index in [-0.39, 0.29) is 17.7 Å². The number of carbonyl (C=O) groups is 4.